The van der Waals surface area contributed by atoms with Crippen molar-refractivity contribution in [3.8, 4) is 5.88 Å². The summed E-state index contributed by atoms with van der Waals surface area (Å²) in [5.74, 6) is 2.73. The van der Waals surface area contributed by atoms with Gasteiger partial charge in [-0.1, -0.05) is 0 Å². The number of piperazine rings is 1. The predicted octanol–water partition coefficient (Wildman–Crippen LogP) is 4.48. The predicted molar refractivity (Wildman–Crippen MR) is 218 cm³/mol. The van der Waals surface area contributed by atoms with E-state index < -0.39 is 0 Å². The minimum absolute atomic E-state index is 0.212. The third kappa shape index (κ3) is 7.47. The standard InChI is InChI=1S/C41H50N12O3/c1-27-21-32(4-5-34(27)53-15-10-37(54)48-41(53)55)50-18-16-49(17-19-50)25-29-7-12-51(13-8-29)36-6-3-31(23-43-36)46-40-45-22-30-9-14-52(26-33(30)47-40)35-24-44-39-38(28(35)2)42-11-20-56-39/h3-6,21-24,29,42H,7-20,25-26H2,1-2H3,(H,45,46,47)(H,48,54,55). The highest BCUT2D eigenvalue weighted by Gasteiger charge is 2.28. The third-order valence-corrected chi connectivity index (χ3v) is 11.9. The van der Waals surface area contributed by atoms with Crippen molar-refractivity contribution in [3.63, 3.8) is 0 Å². The molecule has 0 saturated carbocycles. The number of hydrogen-bond donors (Lipinski definition) is 3. The lowest BCUT2D eigenvalue weighted by atomic mass is 9.96. The van der Waals surface area contributed by atoms with Crippen LogP contribution in [0.5, 0.6) is 5.88 Å². The summed E-state index contributed by atoms with van der Waals surface area (Å²) >= 11 is 0. The molecular weight excluding hydrogens is 709 g/mol. The zero-order chi connectivity index (χ0) is 38.2. The van der Waals surface area contributed by atoms with Crippen molar-refractivity contribution >= 4 is 52.1 Å². The van der Waals surface area contributed by atoms with E-state index in [4.69, 9.17) is 14.7 Å². The van der Waals surface area contributed by atoms with Crippen molar-refractivity contribution in [2.45, 2.75) is 46.1 Å². The molecule has 0 unspecified atom stereocenters. The molecule has 56 heavy (non-hydrogen) atoms. The van der Waals surface area contributed by atoms with Crippen LogP contribution in [0.1, 0.15) is 41.6 Å². The molecule has 0 radical (unpaired) electrons. The molecule has 3 amide bonds. The normalized spacial score (nSPS) is 19.2. The van der Waals surface area contributed by atoms with Gasteiger partial charge in [0.25, 0.3) is 0 Å². The average Bonchev–Trinajstić information content (AvgIpc) is 3.22. The van der Waals surface area contributed by atoms with E-state index in [-0.39, 0.29) is 11.9 Å². The fourth-order valence-electron chi connectivity index (χ4n) is 8.71. The van der Waals surface area contributed by atoms with Gasteiger partial charge in [-0.05, 0) is 80.5 Å². The zero-order valence-electron chi connectivity index (χ0n) is 32.3. The van der Waals surface area contributed by atoms with Crippen LogP contribution in [-0.4, -0.2) is 109 Å². The Labute approximate surface area is 327 Å². The first-order valence-corrected chi connectivity index (χ1v) is 20.0. The first-order valence-electron chi connectivity index (χ1n) is 20.0. The van der Waals surface area contributed by atoms with E-state index in [2.05, 4.69) is 76.7 Å². The molecule has 15 nitrogen and oxygen atoms in total. The minimum atomic E-state index is -0.340. The van der Waals surface area contributed by atoms with Gasteiger partial charge in [0, 0.05) is 95.0 Å². The number of ether oxygens (including phenoxy) is 1. The van der Waals surface area contributed by atoms with E-state index >= 15 is 0 Å². The summed E-state index contributed by atoms with van der Waals surface area (Å²) in [4.78, 5) is 54.4. The summed E-state index contributed by atoms with van der Waals surface area (Å²) in [6.45, 7) is 14.8. The lowest BCUT2D eigenvalue weighted by molar-refractivity contribution is -0.120. The van der Waals surface area contributed by atoms with Gasteiger partial charge in [-0.25, -0.2) is 24.7 Å². The van der Waals surface area contributed by atoms with Gasteiger partial charge >= 0.3 is 6.03 Å². The van der Waals surface area contributed by atoms with E-state index in [0.717, 1.165) is 124 Å². The maximum atomic E-state index is 12.4. The Hall–Kier alpha value is -5.70. The van der Waals surface area contributed by atoms with Gasteiger partial charge in [-0.15, -0.1) is 0 Å². The summed E-state index contributed by atoms with van der Waals surface area (Å²) in [7, 11) is 0. The molecule has 3 saturated heterocycles. The number of benzene rings is 1. The van der Waals surface area contributed by atoms with E-state index in [1.54, 1.807) is 4.90 Å². The molecule has 0 bridgehead atoms. The van der Waals surface area contributed by atoms with Gasteiger partial charge in [-0.2, -0.15) is 0 Å². The largest absolute Gasteiger partial charge is 0.474 e. The van der Waals surface area contributed by atoms with Crippen LogP contribution in [0, 0.1) is 19.8 Å². The quantitative estimate of drug-likeness (QED) is 0.232. The molecule has 4 aromatic rings. The Morgan fingerprint density at radius 1 is 0.839 bits per heavy atom. The maximum absolute atomic E-state index is 12.4. The molecule has 1 aromatic carbocycles. The third-order valence-electron chi connectivity index (χ3n) is 11.9. The summed E-state index contributed by atoms with van der Waals surface area (Å²) in [6.07, 6.45) is 9.27. The highest BCUT2D eigenvalue weighted by atomic mass is 16.5. The number of piperidine rings is 1. The van der Waals surface area contributed by atoms with Crippen molar-refractivity contribution in [3.05, 3.63) is 71.3 Å². The molecule has 15 heteroatoms. The molecule has 0 spiro atoms. The van der Waals surface area contributed by atoms with Gasteiger partial charge in [0.05, 0.1) is 36.0 Å². The van der Waals surface area contributed by atoms with Crippen molar-refractivity contribution in [1.82, 2.24) is 30.2 Å². The van der Waals surface area contributed by atoms with Crippen LogP contribution < -0.4 is 40.3 Å². The maximum Gasteiger partial charge on any atom is 0.328 e. The van der Waals surface area contributed by atoms with Crippen LogP contribution in [0.3, 0.4) is 0 Å². The highest BCUT2D eigenvalue weighted by Crippen LogP contribution is 2.36. The first-order chi connectivity index (χ1) is 27.3. The number of carbonyl (C=O) groups excluding carboxylic acids is 2. The second-order valence-electron chi connectivity index (χ2n) is 15.5. The molecule has 8 heterocycles. The van der Waals surface area contributed by atoms with Crippen LogP contribution in [0.2, 0.25) is 0 Å². The number of anilines is 7. The Morgan fingerprint density at radius 2 is 1.70 bits per heavy atom. The molecule has 3 fully saturated rings. The first kappa shape index (κ1) is 36.0. The van der Waals surface area contributed by atoms with Crippen molar-refractivity contribution < 1.29 is 14.3 Å². The number of imide groups is 1. The van der Waals surface area contributed by atoms with Crippen LogP contribution in [-0.2, 0) is 17.8 Å². The van der Waals surface area contributed by atoms with Gasteiger partial charge in [0.15, 0.2) is 0 Å². The van der Waals surface area contributed by atoms with Crippen LogP contribution in [0.25, 0.3) is 0 Å². The fraction of sp³-hybridized carbons (Fsp3) is 0.463. The topological polar surface area (TPSA) is 147 Å². The van der Waals surface area contributed by atoms with E-state index in [1.165, 1.54) is 11.3 Å². The zero-order valence-corrected chi connectivity index (χ0v) is 32.3. The number of amides is 3. The number of urea groups is 1. The summed E-state index contributed by atoms with van der Waals surface area (Å²) < 4.78 is 5.74. The van der Waals surface area contributed by atoms with E-state index in [0.29, 0.717) is 43.9 Å². The van der Waals surface area contributed by atoms with E-state index in [9.17, 15) is 9.59 Å². The number of hydrogen-bond acceptors (Lipinski definition) is 13. The lowest BCUT2D eigenvalue weighted by Gasteiger charge is -2.40. The van der Waals surface area contributed by atoms with Crippen molar-refractivity contribution in [2.24, 2.45) is 5.92 Å². The summed E-state index contributed by atoms with van der Waals surface area (Å²) in [5.41, 5.74) is 9.41. The van der Waals surface area contributed by atoms with E-state index in [1.807, 2.05) is 31.6 Å². The smallest absolute Gasteiger partial charge is 0.328 e. The van der Waals surface area contributed by atoms with Crippen LogP contribution >= 0.6 is 0 Å². The van der Waals surface area contributed by atoms with Crippen molar-refractivity contribution in [1.29, 1.82) is 0 Å². The number of aromatic nitrogens is 4. The number of fused-ring (bicyclic) bond motifs is 2. The number of pyridine rings is 2. The second-order valence-corrected chi connectivity index (χ2v) is 15.5. The number of nitrogens with zero attached hydrogens (tertiary/aromatic N) is 9. The lowest BCUT2D eigenvalue weighted by Crippen LogP contribution is -2.50. The Kier molecular flexibility index (Phi) is 9.92. The van der Waals surface area contributed by atoms with Gasteiger partial charge in [-0.3, -0.25) is 19.9 Å². The number of rotatable bonds is 8. The highest BCUT2D eigenvalue weighted by molar-refractivity contribution is 6.06. The molecule has 292 valence electrons. The molecule has 9 rings (SSSR count). The fourth-order valence-corrected chi connectivity index (χ4v) is 8.71. The summed E-state index contributed by atoms with van der Waals surface area (Å²) in [5, 5.41) is 9.25. The molecular formula is C41H50N12O3. The SMILES string of the molecule is Cc1cc(N2CCN(CC3CCN(c4ccc(Nc5ncc6c(n5)CN(c5cnc7c(c5C)NCCO7)CC6)cn4)CC3)CC2)ccc1N1CCC(=O)NC1=O. The number of nitrogens with one attached hydrogen (secondary N) is 3. The Balaban J connectivity index is 0.737. The Bertz CT molecular complexity index is 2100. The number of aryl methyl sites for hydroxylation is 1. The van der Waals surface area contributed by atoms with Crippen LogP contribution in [0.4, 0.5) is 45.0 Å². The molecule has 0 aliphatic carbocycles. The average molecular weight is 759 g/mol. The van der Waals surface area contributed by atoms with Gasteiger partial charge in [0.2, 0.25) is 17.7 Å². The molecule has 3 N–H and O–H groups in total. The minimum Gasteiger partial charge on any atom is -0.474 e. The van der Waals surface area contributed by atoms with Gasteiger partial charge in [0.1, 0.15) is 18.1 Å². The van der Waals surface area contributed by atoms with Crippen molar-refractivity contribution in [2.75, 3.05) is 102 Å². The molecule has 5 aliphatic rings. The summed E-state index contributed by atoms with van der Waals surface area (Å²) in [6, 6.07) is 10.1. The monoisotopic (exact) mass is 758 g/mol. The Morgan fingerprint density at radius 3 is 2.48 bits per heavy atom. The molecule has 5 aliphatic heterocycles. The van der Waals surface area contributed by atoms with Gasteiger partial charge < -0.3 is 30.1 Å². The number of carbonyl (C=O) groups is 2. The second kappa shape index (κ2) is 15.4. The van der Waals surface area contributed by atoms with Crippen LogP contribution in [0.15, 0.2) is 48.9 Å². The molecule has 0 atom stereocenters. The molecule has 3 aromatic heterocycles.